The highest BCUT2D eigenvalue weighted by Crippen LogP contribution is 2.34. The molecule has 0 spiro atoms. The van der Waals surface area contributed by atoms with Gasteiger partial charge in [0.15, 0.2) is 0 Å². The fourth-order valence-corrected chi connectivity index (χ4v) is 3.29. The van der Waals surface area contributed by atoms with Gasteiger partial charge in [-0.05, 0) is 23.3 Å². The monoisotopic (exact) mass is 313 g/mol. The first-order chi connectivity index (χ1) is 11.2. The molecule has 0 aliphatic carbocycles. The number of hydrogen-bond acceptors (Lipinski definition) is 3. The van der Waals surface area contributed by atoms with E-state index in [2.05, 4.69) is 17.0 Å². The molecule has 4 heteroatoms. The van der Waals surface area contributed by atoms with E-state index in [4.69, 9.17) is 4.74 Å². The molecule has 120 valence electrons. The van der Waals surface area contributed by atoms with Crippen molar-refractivity contribution >= 4 is 5.97 Å². The van der Waals surface area contributed by atoms with Crippen molar-refractivity contribution in [3.63, 3.8) is 0 Å². The number of ether oxygens (including phenoxy) is 1. The Morgan fingerprint density at radius 2 is 1.83 bits per heavy atom. The van der Waals surface area contributed by atoms with Gasteiger partial charge in [0, 0.05) is 25.6 Å². The molecule has 0 radical (unpaired) electrons. The fraction of sp³-hybridized carbons (Fsp3) is 0.316. The Hall–Kier alpha value is -2.20. The minimum Gasteiger partial charge on any atom is -0.469 e. The van der Waals surface area contributed by atoms with Crippen LogP contribution in [0.3, 0.4) is 0 Å². The molecule has 23 heavy (non-hydrogen) atoms. The van der Waals surface area contributed by atoms with Crippen molar-refractivity contribution in [2.24, 2.45) is 5.92 Å². The van der Waals surface area contributed by atoms with E-state index in [1.165, 1.54) is 24.8 Å². The number of benzene rings is 2. The normalized spacial score (nSPS) is 21.3. The van der Waals surface area contributed by atoms with Crippen LogP contribution in [0.15, 0.2) is 54.6 Å². The van der Waals surface area contributed by atoms with Crippen molar-refractivity contribution in [2.75, 3.05) is 20.2 Å². The summed E-state index contributed by atoms with van der Waals surface area (Å²) in [6, 6.07) is 16.6. The van der Waals surface area contributed by atoms with E-state index in [1.807, 2.05) is 18.2 Å². The van der Waals surface area contributed by atoms with Gasteiger partial charge in [0.25, 0.3) is 0 Å². The van der Waals surface area contributed by atoms with Crippen LogP contribution in [-0.2, 0) is 16.1 Å². The van der Waals surface area contributed by atoms with E-state index in [1.54, 1.807) is 12.1 Å². The van der Waals surface area contributed by atoms with Crippen LogP contribution in [0.25, 0.3) is 0 Å². The van der Waals surface area contributed by atoms with Crippen LogP contribution in [0, 0.1) is 11.7 Å². The van der Waals surface area contributed by atoms with Crippen LogP contribution < -0.4 is 0 Å². The van der Waals surface area contributed by atoms with Gasteiger partial charge in [-0.25, -0.2) is 4.39 Å². The lowest BCUT2D eigenvalue weighted by atomic mass is 9.89. The van der Waals surface area contributed by atoms with Crippen molar-refractivity contribution < 1.29 is 13.9 Å². The lowest BCUT2D eigenvalue weighted by Gasteiger charge is -2.16. The van der Waals surface area contributed by atoms with Crippen LogP contribution in [0.1, 0.15) is 17.0 Å². The highest BCUT2D eigenvalue weighted by atomic mass is 19.1. The highest BCUT2D eigenvalue weighted by Gasteiger charge is 2.39. The topological polar surface area (TPSA) is 29.5 Å². The Labute approximate surface area is 135 Å². The number of halogens is 1. The van der Waals surface area contributed by atoms with E-state index < -0.39 is 0 Å². The largest absolute Gasteiger partial charge is 0.469 e. The molecular weight excluding hydrogens is 293 g/mol. The van der Waals surface area contributed by atoms with Crippen LogP contribution in [0.4, 0.5) is 4.39 Å². The Bertz CT molecular complexity index is 657. The van der Waals surface area contributed by atoms with Crippen LogP contribution in [0.2, 0.25) is 0 Å². The molecule has 0 saturated carbocycles. The third-order valence-corrected chi connectivity index (χ3v) is 4.45. The van der Waals surface area contributed by atoms with Gasteiger partial charge in [0.2, 0.25) is 0 Å². The number of methoxy groups -OCH3 is 1. The zero-order valence-electron chi connectivity index (χ0n) is 13.1. The predicted molar refractivity (Wildman–Crippen MR) is 86.4 cm³/mol. The van der Waals surface area contributed by atoms with E-state index in [0.29, 0.717) is 6.54 Å². The second kappa shape index (κ2) is 6.92. The van der Waals surface area contributed by atoms with Crippen LogP contribution in [0.5, 0.6) is 0 Å². The molecule has 0 unspecified atom stereocenters. The zero-order valence-corrected chi connectivity index (χ0v) is 13.1. The maximum atomic E-state index is 13.2. The lowest BCUT2D eigenvalue weighted by molar-refractivity contribution is -0.145. The molecule has 2 atom stereocenters. The van der Waals surface area contributed by atoms with Gasteiger partial charge < -0.3 is 4.74 Å². The van der Waals surface area contributed by atoms with Crippen molar-refractivity contribution in [2.45, 2.75) is 12.5 Å². The summed E-state index contributed by atoms with van der Waals surface area (Å²) in [7, 11) is 1.42. The van der Waals surface area contributed by atoms with Gasteiger partial charge in [0.05, 0.1) is 13.0 Å². The zero-order chi connectivity index (χ0) is 16.2. The van der Waals surface area contributed by atoms with Gasteiger partial charge in [0.1, 0.15) is 5.82 Å². The maximum Gasteiger partial charge on any atom is 0.310 e. The summed E-state index contributed by atoms with van der Waals surface area (Å²) in [5.41, 5.74) is 2.20. The quantitative estimate of drug-likeness (QED) is 0.812. The molecule has 2 aromatic rings. The van der Waals surface area contributed by atoms with Gasteiger partial charge >= 0.3 is 5.97 Å². The summed E-state index contributed by atoms with van der Waals surface area (Å²) in [5, 5.41) is 0. The third-order valence-electron chi connectivity index (χ3n) is 4.45. The SMILES string of the molecule is COC(=O)[C@H]1CN(Cc2ccccc2)C[C@H]1c1ccc(F)cc1. The molecule has 0 bridgehead atoms. The molecule has 2 aromatic carbocycles. The second-order valence-corrected chi connectivity index (χ2v) is 5.97. The van der Waals surface area contributed by atoms with Gasteiger partial charge in [-0.1, -0.05) is 42.5 Å². The fourth-order valence-electron chi connectivity index (χ4n) is 3.29. The summed E-state index contributed by atoms with van der Waals surface area (Å²) >= 11 is 0. The van der Waals surface area contributed by atoms with Crippen molar-refractivity contribution in [3.05, 3.63) is 71.5 Å². The molecule has 3 nitrogen and oxygen atoms in total. The number of hydrogen-bond donors (Lipinski definition) is 0. The first-order valence-corrected chi connectivity index (χ1v) is 7.77. The molecule has 1 heterocycles. The number of carbonyl (C=O) groups excluding carboxylic acids is 1. The first-order valence-electron chi connectivity index (χ1n) is 7.77. The maximum absolute atomic E-state index is 13.2. The minimum absolute atomic E-state index is 0.0340. The predicted octanol–water partition coefficient (Wildman–Crippen LogP) is 3.21. The molecule has 0 aromatic heterocycles. The standard InChI is InChI=1S/C19H20FNO2/c1-23-19(22)18-13-21(11-14-5-3-2-4-6-14)12-17(18)15-7-9-16(20)10-8-15/h2-10,17-18H,11-13H2,1H3/t17-,18-/m0/s1. The van der Waals surface area contributed by atoms with Crippen molar-refractivity contribution in [1.29, 1.82) is 0 Å². The molecule has 1 saturated heterocycles. The molecule has 0 amide bonds. The van der Waals surface area contributed by atoms with E-state index in [9.17, 15) is 9.18 Å². The second-order valence-electron chi connectivity index (χ2n) is 5.97. The third kappa shape index (κ3) is 3.59. The van der Waals surface area contributed by atoms with Crippen LogP contribution >= 0.6 is 0 Å². The Kier molecular flexibility index (Phi) is 4.72. The summed E-state index contributed by atoms with van der Waals surface area (Å²) in [5.74, 6) is -0.640. The summed E-state index contributed by atoms with van der Waals surface area (Å²) < 4.78 is 18.1. The number of carbonyl (C=O) groups is 1. The molecule has 1 aliphatic heterocycles. The molecular formula is C19H20FNO2. The summed E-state index contributed by atoms with van der Waals surface area (Å²) in [6.45, 7) is 2.22. The summed E-state index contributed by atoms with van der Waals surface area (Å²) in [6.07, 6.45) is 0. The van der Waals surface area contributed by atoms with E-state index in [-0.39, 0.29) is 23.6 Å². The number of esters is 1. The molecule has 0 N–H and O–H groups in total. The van der Waals surface area contributed by atoms with Crippen molar-refractivity contribution in [3.8, 4) is 0 Å². The molecule has 1 fully saturated rings. The van der Waals surface area contributed by atoms with Gasteiger partial charge in [-0.3, -0.25) is 9.69 Å². The van der Waals surface area contributed by atoms with E-state index in [0.717, 1.165) is 18.7 Å². The minimum atomic E-state index is -0.262. The number of likely N-dealkylation sites (tertiary alicyclic amines) is 1. The van der Waals surface area contributed by atoms with Gasteiger partial charge in [-0.2, -0.15) is 0 Å². The smallest absolute Gasteiger partial charge is 0.310 e. The average Bonchev–Trinajstić information content (AvgIpc) is 2.99. The Morgan fingerprint density at radius 1 is 1.13 bits per heavy atom. The first kappa shape index (κ1) is 15.7. The summed E-state index contributed by atoms with van der Waals surface area (Å²) in [4.78, 5) is 14.4. The van der Waals surface area contributed by atoms with Gasteiger partial charge in [-0.15, -0.1) is 0 Å². The molecule has 3 rings (SSSR count). The molecule has 1 aliphatic rings. The average molecular weight is 313 g/mol. The highest BCUT2D eigenvalue weighted by molar-refractivity contribution is 5.74. The Balaban J connectivity index is 1.79. The van der Waals surface area contributed by atoms with Crippen LogP contribution in [-0.4, -0.2) is 31.1 Å². The van der Waals surface area contributed by atoms with E-state index >= 15 is 0 Å². The Morgan fingerprint density at radius 3 is 2.48 bits per heavy atom. The number of rotatable bonds is 4. The van der Waals surface area contributed by atoms with Crippen molar-refractivity contribution in [1.82, 2.24) is 4.90 Å². The number of nitrogens with zero attached hydrogens (tertiary/aromatic N) is 1. The lowest BCUT2D eigenvalue weighted by Crippen LogP contribution is -2.24.